The highest BCUT2D eigenvalue weighted by Gasteiger charge is 2.23. The number of carbonyl (C=O) groups excluding carboxylic acids is 1. The van der Waals surface area contributed by atoms with Gasteiger partial charge in [-0.25, -0.2) is 9.67 Å². The van der Waals surface area contributed by atoms with Gasteiger partial charge in [-0.05, 0) is 44.5 Å². The van der Waals surface area contributed by atoms with E-state index in [2.05, 4.69) is 21.7 Å². The minimum Gasteiger partial charge on any atom is -0.354 e. The highest BCUT2D eigenvalue weighted by Crippen LogP contribution is 2.27. The molecular weight excluding hydrogens is 350 g/mol. The van der Waals surface area contributed by atoms with Crippen molar-refractivity contribution in [2.75, 3.05) is 19.6 Å². The smallest absolute Gasteiger partial charge is 0.227 e. The first-order valence-corrected chi connectivity index (χ1v) is 10.00. The monoisotopic (exact) mass is 377 g/mol. The fraction of sp³-hybridized carbons (Fsp3) is 0.409. The Morgan fingerprint density at radius 2 is 2.14 bits per heavy atom. The van der Waals surface area contributed by atoms with Gasteiger partial charge in [0.1, 0.15) is 0 Å². The summed E-state index contributed by atoms with van der Waals surface area (Å²) >= 11 is 0. The molecule has 0 aliphatic carbocycles. The van der Waals surface area contributed by atoms with Gasteiger partial charge in [-0.3, -0.25) is 4.79 Å². The topological polar surface area (TPSA) is 71.8 Å². The van der Waals surface area contributed by atoms with E-state index in [4.69, 9.17) is 5.10 Å². The third-order valence-corrected chi connectivity index (χ3v) is 5.58. The lowest BCUT2D eigenvalue weighted by molar-refractivity contribution is -0.122. The number of rotatable bonds is 6. The van der Waals surface area contributed by atoms with E-state index in [1.165, 1.54) is 5.56 Å². The van der Waals surface area contributed by atoms with Crippen molar-refractivity contribution in [3.63, 3.8) is 0 Å². The molecule has 0 radical (unpaired) electrons. The highest BCUT2D eigenvalue weighted by atomic mass is 16.1. The third kappa shape index (κ3) is 3.78. The number of pyridine rings is 1. The van der Waals surface area contributed by atoms with E-state index in [9.17, 15) is 4.79 Å². The number of amides is 1. The van der Waals surface area contributed by atoms with Crippen LogP contribution in [-0.2, 0) is 11.3 Å². The maximum Gasteiger partial charge on any atom is 0.227 e. The molecule has 3 heterocycles. The Hall–Kier alpha value is -2.73. The van der Waals surface area contributed by atoms with Crippen molar-refractivity contribution in [2.45, 2.75) is 38.6 Å². The van der Waals surface area contributed by atoms with Crippen LogP contribution in [0, 0.1) is 6.92 Å². The average molecular weight is 377 g/mol. The summed E-state index contributed by atoms with van der Waals surface area (Å²) in [6.07, 6.45) is 2.90. The van der Waals surface area contributed by atoms with Crippen LogP contribution in [0.1, 0.15) is 42.0 Å². The lowest BCUT2D eigenvalue weighted by Gasteiger charge is -2.13. The zero-order chi connectivity index (χ0) is 19.5. The van der Waals surface area contributed by atoms with Crippen LogP contribution in [0.4, 0.5) is 0 Å². The minimum absolute atomic E-state index is 0.0356. The number of carbonyl (C=O) groups is 1. The molecule has 146 valence electrons. The van der Waals surface area contributed by atoms with E-state index in [1.54, 1.807) is 6.20 Å². The van der Waals surface area contributed by atoms with E-state index in [0.717, 1.165) is 41.8 Å². The van der Waals surface area contributed by atoms with Gasteiger partial charge in [-0.2, -0.15) is 5.10 Å². The molecule has 6 heteroatoms. The molecule has 28 heavy (non-hydrogen) atoms. The van der Waals surface area contributed by atoms with Gasteiger partial charge in [0.2, 0.25) is 5.91 Å². The number of hydrogen-bond acceptors (Lipinski definition) is 4. The summed E-state index contributed by atoms with van der Waals surface area (Å²) in [7, 11) is 0. The Labute approximate surface area is 165 Å². The van der Waals surface area contributed by atoms with Gasteiger partial charge in [0, 0.05) is 30.6 Å². The van der Waals surface area contributed by atoms with Crippen molar-refractivity contribution in [1.82, 2.24) is 25.4 Å². The van der Waals surface area contributed by atoms with Crippen molar-refractivity contribution in [2.24, 2.45) is 0 Å². The second-order valence-corrected chi connectivity index (χ2v) is 7.60. The number of benzene rings is 1. The Morgan fingerprint density at radius 3 is 2.89 bits per heavy atom. The van der Waals surface area contributed by atoms with Crippen molar-refractivity contribution < 1.29 is 4.79 Å². The second-order valence-electron chi connectivity index (χ2n) is 7.60. The molecule has 2 unspecified atom stereocenters. The first kappa shape index (κ1) is 18.6. The second kappa shape index (κ2) is 8.10. The molecule has 0 spiro atoms. The van der Waals surface area contributed by atoms with Crippen LogP contribution in [0.2, 0.25) is 0 Å². The molecule has 1 aromatic carbocycles. The first-order chi connectivity index (χ1) is 13.6. The normalized spacial score (nSPS) is 17.7. The largest absolute Gasteiger partial charge is 0.354 e. The molecule has 1 aliphatic rings. The van der Waals surface area contributed by atoms with Gasteiger partial charge in [0.15, 0.2) is 5.65 Å². The number of nitrogens with one attached hydrogen (secondary N) is 2. The standard InChI is InChI=1S/C22H27N5O/c1-15-5-7-17(8-6-15)16(2)22(28)25-12-13-27-21-19(4-3-10-24-21)20(26-27)18-9-11-23-14-18/h3-8,10,16,18,23H,9,11-14H2,1-2H3,(H,25,28). The van der Waals surface area contributed by atoms with Crippen LogP contribution in [0.5, 0.6) is 0 Å². The molecule has 0 bridgehead atoms. The molecule has 2 aromatic heterocycles. The van der Waals surface area contributed by atoms with Crippen molar-refractivity contribution in [1.29, 1.82) is 0 Å². The first-order valence-electron chi connectivity index (χ1n) is 10.00. The summed E-state index contributed by atoms with van der Waals surface area (Å²) in [5.74, 6) is 0.297. The molecule has 1 saturated heterocycles. The third-order valence-electron chi connectivity index (χ3n) is 5.58. The fourth-order valence-corrected chi connectivity index (χ4v) is 3.82. The Balaban J connectivity index is 1.43. The van der Waals surface area contributed by atoms with E-state index in [0.29, 0.717) is 19.0 Å². The molecule has 3 aromatic rings. The van der Waals surface area contributed by atoms with Crippen molar-refractivity contribution >= 4 is 16.9 Å². The summed E-state index contributed by atoms with van der Waals surface area (Å²) in [6.45, 7) is 7.13. The number of hydrogen-bond donors (Lipinski definition) is 2. The van der Waals surface area contributed by atoms with Crippen molar-refractivity contribution in [3.8, 4) is 0 Å². The number of aryl methyl sites for hydroxylation is 1. The lowest BCUT2D eigenvalue weighted by Crippen LogP contribution is -2.31. The maximum atomic E-state index is 12.5. The number of aromatic nitrogens is 3. The quantitative estimate of drug-likeness (QED) is 0.693. The predicted molar refractivity (Wildman–Crippen MR) is 110 cm³/mol. The van der Waals surface area contributed by atoms with Crippen LogP contribution in [0.25, 0.3) is 11.0 Å². The van der Waals surface area contributed by atoms with Crippen LogP contribution < -0.4 is 10.6 Å². The van der Waals surface area contributed by atoms with Crippen LogP contribution in [0.3, 0.4) is 0 Å². The summed E-state index contributed by atoms with van der Waals surface area (Å²) in [5.41, 5.74) is 4.24. The molecule has 1 amide bonds. The molecule has 2 atom stereocenters. The molecule has 4 rings (SSSR count). The van der Waals surface area contributed by atoms with Crippen LogP contribution in [-0.4, -0.2) is 40.3 Å². The summed E-state index contributed by atoms with van der Waals surface area (Å²) in [5, 5.41) is 12.4. The van der Waals surface area contributed by atoms with Crippen LogP contribution >= 0.6 is 0 Å². The molecule has 2 N–H and O–H groups in total. The number of fused-ring (bicyclic) bond motifs is 1. The van der Waals surface area contributed by atoms with E-state index in [-0.39, 0.29) is 11.8 Å². The van der Waals surface area contributed by atoms with E-state index >= 15 is 0 Å². The summed E-state index contributed by atoms with van der Waals surface area (Å²) in [4.78, 5) is 17.1. The molecule has 1 fully saturated rings. The average Bonchev–Trinajstić information content (AvgIpc) is 3.36. The zero-order valence-corrected chi connectivity index (χ0v) is 16.5. The highest BCUT2D eigenvalue weighted by molar-refractivity contribution is 5.83. The van der Waals surface area contributed by atoms with Gasteiger partial charge in [-0.1, -0.05) is 29.8 Å². The Morgan fingerprint density at radius 1 is 1.32 bits per heavy atom. The number of nitrogens with zero attached hydrogens (tertiary/aromatic N) is 3. The molecule has 0 saturated carbocycles. The fourth-order valence-electron chi connectivity index (χ4n) is 3.82. The van der Waals surface area contributed by atoms with Crippen molar-refractivity contribution in [3.05, 3.63) is 59.4 Å². The van der Waals surface area contributed by atoms with Gasteiger partial charge in [0.25, 0.3) is 0 Å². The maximum absolute atomic E-state index is 12.5. The molecule has 1 aliphatic heterocycles. The lowest BCUT2D eigenvalue weighted by atomic mass is 9.99. The van der Waals surface area contributed by atoms with Gasteiger partial charge in [-0.15, -0.1) is 0 Å². The summed E-state index contributed by atoms with van der Waals surface area (Å²) in [6, 6.07) is 12.2. The minimum atomic E-state index is -0.173. The van der Waals surface area contributed by atoms with Gasteiger partial charge >= 0.3 is 0 Å². The van der Waals surface area contributed by atoms with E-state index < -0.39 is 0 Å². The summed E-state index contributed by atoms with van der Waals surface area (Å²) < 4.78 is 1.93. The van der Waals surface area contributed by atoms with Gasteiger partial charge in [0.05, 0.1) is 18.2 Å². The van der Waals surface area contributed by atoms with Crippen LogP contribution in [0.15, 0.2) is 42.6 Å². The predicted octanol–water partition coefficient (Wildman–Crippen LogP) is 2.74. The van der Waals surface area contributed by atoms with E-state index in [1.807, 2.05) is 48.9 Å². The molecular formula is C22H27N5O. The Kier molecular flexibility index (Phi) is 5.39. The van der Waals surface area contributed by atoms with Gasteiger partial charge < -0.3 is 10.6 Å². The molecule has 6 nitrogen and oxygen atoms in total. The Bertz CT molecular complexity index is 957. The zero-order valence-electron chi connectivity index (χ0n) is 16.5. The SMILES string of the molecule is Cc1ccc(C(C)C(=O)NCCn2nc(C3CCNC3)c3cccnc32)cc1.